The van der Waals surface area contributed by atoms with Gasteiger partial charge < -0.3 is 9.64 Å². The molecule has 3 rings (SSSR count). The molecule has 3 aliphatic rings. The molecule has 0 spiro atoms. The predicted octanol–water partition coefficient (Wildman–Crippen LogP) is 3.37. The van der Waals surface area contributed by atoms with Crippen LogP contribution in [0.25, 0.3) is 0 Å². The minimum absolute atomic E-state index is 0. The summed E-state index contributed by atoms with van der Waals surface area (Å²) >= 11 is 0. The van der Waals surface area contributed by atoms with E-state index in [9.17, 15) is 0 Å². The fourth-order valence-electron chi connectivity index (χ4n) is 2.77. The van der Waals surface area contributed by atoms with Gasteiger partial charge in [0.1, 0.15) is 0 Å². The van der Waals surface area contributed by atoms with E-state index in [2.05, 4.69) is 24.0 Å². The van der Waals surface area contributed by atoms with Crippen LogP contribution >= 0.6 is 0 Å². The maximum absolute atomic E-state index is 5.39. The van der Waals surface area contributed by atoms with Gasteiger partial charge in [0.15, 0.2) is 0 Å². The van der Waals surface area contributed by atoms with Crippen molar-refractivity contribution in [3.05, 3.63) is 23.4 Å². The Hall–Kier alpha value is -0.830. The third-order valence-corrected chi connectivity index (χ3v) is 3.82. The first-order chi connectivity index (χ1) is 8.38. The zero-order valence-corrected chi connectivity index (χ0v) is 11.8. The van der Waals surface area contributed by atoms with Crippen LogP contribution in [-0.4, -0.2) is 31.2 Å². The third kappa shape index (κ3) is 3.14. The number of ether oxygens (including phenoxy) is 1. The molecule has 2 fully saturated rings. The Morgan fingerprint density at radius 1 is 1.28 bits per heavy atom. The first-order valence-corrected chi connectivity index (χ1v) is 7.13. The largest absolute Gasteiger partial charge is 0.378 e. The van der Waals surface area contributed by atoms with Gasteiger partial charge in [-0.15, -0.1) is 0 Å². The zero-order chi connectivity index (χ0) is 12.3. The summed E-state index contributed by atoms with van der Waals surface area (Å²) in [4.78, 5) is 2.48. The molecule has 1 aliphatic heterocycles. The molecule has 2 atom stereocenters. The first-order valence-electron chi connectivity index (χ1n) is 7.13. The fourth-order valence-corrected chi connectivity index (χ4v) is 2.77. The lowest BCUT2D eigenvalue weighted by atomic mass is 10.00. The van der Waals surface area contributed by atoms with Crippen molar-refractivity contribution in [1.82, 2.24) is 4.90 Å². The molecule has 1 saturated carbocycles. The van der Waals surface area contributed by atoms with Gasteiger partial charge >= 0.3 is 0 Å². The second kappa shape index (κ2) is 6.93. The summed E-state index contributed by atoms with van der Waals surface area (Å²) in [6, 6.07) is 0. The minimum Gasteiger partial charge on any atom is -0.378 e. The molecule has 0 aromatic heterocycles. The average molecular weight is 255 g/mol. The number of morpholine rings is 1. The first kappa shape index (κ1) is 15.2. The number of fused-ring (bicyclic) bond motifs is 1. The number of hydrogen-bond acceptors (Lipinski definition) is 2. The van der Waals surface area contributed by atoms with Gasteiger partial charge in [-0.25, -0.2) is 0 Å². The highest BCUT2D eigenvalue weighted by molar-refractivity contribution is 5.36. The second-order valence-corrected chi connectivity index (χ2v) is 4.77. The molecule has 0 aromatic carbocycles. The minimum atomic E-state index is 0. The normalized spacial score (nSPS) is 28.9. The molecule has 0 aromatic rings. The maximum Gasteiger partial charge on any atom is 0.0642 e. The third-order valence-electron chi connectivity index (χ3n) is 3.82. The lowest BCUT2D eigenvalue weighted by Crippen LogP contribution is -2.35. The lowest BCUT2D eigenvalue weighted by molar-refractivity contribution is 0.0550. The molecule has 1 heterocycles. The van der Waals surface area contributed by atoms with E-state index in [4.69, 9.17) is 4.74 Å². The van der Waals surface area contributed by atoms with Crippen molar-refractivity contribution >= 4 is 0 Å². The van der Waals surface area contributed by atoms with Crippen molar-refractivity contribution in [2.24, 2.45) is 11.8 Å². The van der Waals surface area contributed by atoms with Crippen LogP contribution in [0.3, 0.4) is 0 Å². The molecular formula is C15H26FNO. The monoisotopic (exact) mass is 255 g/mol. The SMILES string of the molecule is CC.CCC1=CC(N2CCOCC2)=CC2CC12.F. The van der Waals surface area contributed by atoms with Crippen molar-refractivity contribution in [3.8, 4) is 0 Å². The Morgan fingerprint density at radius 3 is 2.56 bits per heavy atom. The van der Waals surface area contributed by atoms with Crippen molar-refractivity contribution < 1.29 is 9.44 Å². The van der Waals surface area contributed by atoms with Crippen molar-refractivity contribution in [1.29, 1.82) is 0 Å². The molecular weight excluding hydrogens is 229 g/mol. The standard InChI is InChI=1S/C13H19NO.C2H6.FH/c1-2-10-7-12(8-11-9-13(10)11)14-3-5-15-6-4-14;1-2;/h7-8,11,13H,2-6,9H2,1H3;1-2H3;1H. The molecule has 1 saturated heterocycles. The van der Waals surface area contributed by atoms with Gasteiger partial charge in [0.25, 0.3) is 0 Å². The summed E-state index contributed by atoms with van der Waals surface area (Å²) in [6.07, 6.45) is 7.53. The molecule has 0 radical (unpaired) electrons. The fraction of sp³-hybridized carbons (Fsp3) is 0.733. The molecule has 2 aliphatic carbocycles. The van der Waals surface area contributed by atoms with Gasteiger partial charge in [-0.1, -0.05) is 32.4 Å². The molecule has 18 heavy (non-hydrogen) atoms. The van der Waals surface area contributed by atoms with E-state index in [1.165, 1.54) is 18.5 Å². The Bertz CT molecular complexity index is 318. The van der Waals surface area contributed by atoms with E-state index in [1.54, 1.807) is 5.57 Å². The van der Waals surface area contributed by atoms with Crippen molar-refractivity contribution in [2.75, 3.05) is 26.3 Å². The van der Waals surface area contributed by atoms with E-state index in [0.29, 0.717) is 0 Å². The van der Waals surface area contributed by atoms with Gasteiger partial charge in [-0.2, -0.15) is 0 Å². The molecule has 0 bridgehead atoms. The second-order valence-electron chi connectivity index (χ2n) is 4.77. The summed E-state index contributed by atoms with van der Waals surface area (Å²) in [5.74, 6) is 1.77. The highest BCUT2D eigenvalue weighted by atomic mass is 19.0. The average Bonchev–Trinajstić information content (AvgIpc) is 3.20. The van der Waals surface area contributed by atoms with Crippen molar-refractivity contribution in [3.63, 3.8) is 0 Å². The van der Waals surface area contributed by atoms with E-state index >= 15 is 0 Å². The molecule has 0 N–H and O–H groups in total. The Labute approximate surface area is 110 Å². The van der Waals surface area contributed by atoms with Crippen molar-refractivity contribution in [2.45, 2.75) is 33.6 Å². The van der Waals surface area contributed by atoms with Crippen LogP contribution in [0.5, 0.6) is 0 Å². The Morgan fingerprint density at radius 2 is 1.94 bits per heavy atom. The summed E-state index contributed by atoms with van der Waals surface area (Å²) in [5.41, 5.74) is 3.14. The van der Waals surface area contributed by atoms with Crippen LogP contribution in [0.4, 0.5) is 4.70 Å². The molecule has 2 unspecified atom stereocenters. The van der Waals surface area contributed by atoms with Crippen LogP contribution in [0.2, 0.25) is 0 Å². The van der Waals surface area contributed by atoms with Crippen LogP contribution in [-0.2, 0) is 4.74 Å². The van der Waals surface area contributed by atoms with Crippen LogP contribution < -0.4 is 0 Å². The molecule has 0 amide bonds. The highest BCUT2D eigenvalue weighted by Gasteiger charge is 2.40. The number of hydrogen-bond donors (Lipinski definition) is 0. The number of halogens is 1. The van der Waals surface area contributed by atoms with Gasteiger partial charge in [-0.05, 0) is 30.8 Å². The van der Waals surface area contributed by atoms with E-state index in [1.807, 2.05) is 13.8 Å². The quantitative estimate of drug-likeness (QED) is 0.750. The summed E-state index contributed by atoms with van der Waals surface area (Å²) in [5, 5.41) is 0. The van der Waals surface area contributed by atoms with Gasteiger partial charge in [0.2, 0.25) is 0 Å². The van der Waals surface area contributed by atoms with E-state index < -0.39 is 0 Å². The van der Waals surface area contributed by atoms with E-state index in [0.717, 1.165) is 38.1 Å². The molecule has 3 heteroatoms. The molecule has 104 valence electrons. The maximum atomic E-state index is 5.39. The number of allylic oxidation sites excluding steroid dienone is 3. The highest BCUT2D eigenvalue weighted by Crippen LogP contribution is 2.50. The zero-order valence-electron chi connectivity index (χ0n) is 11.8. The Balaban J connectivity index is 0.000000516. The number of nitrogens with zero attached hydrogens (tertiary/aromatic N) is 1. The predicted molar refractivity (Wildman–Crippen MR) is 74.3 cm³/mol. The summed E-state index contributed by atoms with van der Waals surface area (Å²) in [6.45, 7) is 10.2. The van der Waals surface area contributed by atoms with Crippen LogP contribution in [0.1, 0.15) is 33.6 Å². The summed E-state index contributed by atoms with van der Waals surface area (Å²) in [7, 11) is 0. The van der Waals surface area contributed by atoms with Crippen LogP contribution in [0.15, 0.2) is 23.4 Å². The van der Waals surface area contributed by atoms with Gasteiger partial charge in [0, 0.05) is 18.8 Å². The summed E-state index contributed by atoms with van der Waals surface area (Å²) < 4.78 is 5.39. The van der Waals surface area contributed by atoms with Crippen LogP contribution in [0, 0.1) is 11.8 Å². The topological polar surface area (TPSA) is 12.5 Å². The van der Waals surface area contributed by atoms with Gasteiger partial charge in [0.05, 0.1) is 13.2 Å². The smallest absolute Gasteiger partial charge is 0.0642 e. The lowest BCUT2D eigenvalue weighted by Gasteiger charge is -2.31. The molecule has 2 nitrogen and oxygen atoms in total. The van der Waals surface area contributed by atoms with E-state index in [-0.39, 0.29) is 4.70 Å². The Kier molecular flexibility index (Phi) is 5.86. The van der Waals surface area contributed by atoms with Gasteiger partial charge in [-0.3, -0.25) is 4.70 Å². The number of rotatable bonds is 2.